The Bertz CT molecular complexity index is 819. The van der Waals surface area contributed by atoms with Crippen LogP contribution in [0.4, 0.5) is 5.82 Å². The summed E-state index contributed by atoms with van der Waals surface area (Å²) in [7, 11) is 0. The molecule has 2 saturated carbocycles. The predicted molar refractivity (Wildman–Crippen MR) is 112 cm³/mol. The molecule has 0 unspecified atom stereocenters. The van der Waals surface area contributed by atoms with Crippen molar-refractivity contribution in [2.45, 2.75) is 69.5 Å². The van der Waals surface area contributed by atoms with Gasteiger partial charge in [-0.15, -0.1) is 0 Å². The largest absolute Gasteiger partial charge is 0.366 e. The number of nitrogens with one attached hydrogen (secondary N) is 1. The van der Waals surface area contributed by atoms with Gasteiger partial charge in [0.25, 0.3) is 0 Å². The third kappa shape index (κ3) is 4.20. The molecule has 0 atom stereocenters. The van der Waals surface area contributed by atoms with E-state index in [4.69, 9.17) is 15.7 Å². The van der Waals surface area contributed by atoms with Gasteiger partial charge in [-0.2, -0.15) is 0 Å². The number of hydrogen-bond acceptors (Lipinski definition) is 5. The van der Waals surface area contributed by atoms with Crippen LogP contribution in [0.25, 0.3) is 0 Å². The van der Waals surface area contributed by atoms with Gasteiger partial charge in [0.15, 0.2) is 0 Å². The van der Waals surface area contributed by atoms with Gasteiger partial charge in [-0.05, 0) is 62.7 Å². The highest BCUT2D eigenvalue weighted by Gasteiger charge is 2.32. The van der Waals surface area contributed by atoms with Crippen LogP contribution in [-0.2, 0) is 13.1 Å². The molecular weight excluding hydrogens is 346 g/mol. The summed E-state index contributed by atoms with van der Waals surface area (Å²) in [6.07, 6.45) is 7.24. The van der Waals surface area contributed by atoms with Crippen LogP contribution < -0.4 is 11.1 Å². The first-order valence-electron chi connectivity index (χ1n) is 10.9. The standard InChI is InChI=1S/C23H31N5/c24-20-11-19(12-20)21-13-22(27-23(26-21)18-6-7-18)25-14-16-4-3-5-17(10-16)15-28-8-1-2-9-28/h3-5,10,13,18-20H,1-2,6-9,11-12,14-15,24H2,(H,25,26,27). The molecule has 0 spiro atoms. The van der Waals surface area contributed by atoms with Crippen molar-refractivity contribution in [3.8, 4) is 0 Å². The van der Waals surface area contributed by atoms with Gasteiger partial charge in [0, 0.05) is 42.7 Å². The molecule has 3 fully saturated rings. The van der Waals surface area contributed by atoms with E-state index in [0.717, 1.165) is 37.6 Å². The fourth-order valence-electron chi connectivity index (χ4n) is 4.44. The minimum Gasteiger partial charge on any atom is -0.366 e. The third-order valence-corrected chi connectivity index (χ3v) is 6.37. The van der Waals surface area contributed by atoms with Gasteiger partial charge >= 0.3 is 0 Å². The molecule has 1 aromatic heterocycles. The van der Waals surface area contributed by atoms with Gasteiger partial charge in [0.1, 0.15) is 11.6 Å². The molecule has 0 radical (unpaired) electrons. The number of nitrogens with zero attached hydrogens (tertiary/aromatic N) is 3. The molecule has 1 aliphatic heterocycles. The fourth-order valence-corrected chi connectivity index (χ4v) is 4.44. The number of rotatable bonds is 7. The zero-order valence-corrected chi connectivity index (χ0v) is 16.6. The van der Waals surface area contributed by atoms with Gasteiger partial charge in [0.05, 0.1) is 0 Å². The normalized spacial score (nSPS) is 24.9. The first-order chi connectivity index (χ1) is 13.7. The first-order valence-corrected chi connectivity index (χ1v) is 10.9. The van der Waals surface area contributed by atoms with Gasteiger partial charge in [0.2, 0.25) is 0 Å². The number of likely N-dealkylation sites (tertiary alicyclic amines) is 1. The van der Waals surface area contributed by atoms with Crippen LogP contribution in [0.15, 0.2) is 30.3 Å². The molecule has 5 nitrogen and oxygen atoms in total. The number of hydrogen-bond donors (Lipinski definition) is 2. The van der Waals surface area contributed by atoms with E-state index in [2.05, 4.69) is 40.5 Å². The maximum absolute atomic E-state index is 6.00. The minimum atomic E-state index is 0.346. The van der Waals surface area contributed by atoms with E-state index < -0.39 is 0 Å². The third-order valence-electron chi connectivity index (χ3n) is 6.37. The smallest absolute Gasteiger partial charge is 0.134 e. The fraction of sp³-hybridized carbons (Fsp3) is 0.565. The van der Waals surface area contributed by atoms with Crippen molar-refractivity contribution in [3.63, 3.8) is 0 Å². The summed E-state index contributed by atoms with van der Waals surface area (Å²) in [4.78, 5) is 12.2. The quantitative estimate of drug-likeness (QED) is 0.769. The Balaban J connectivity index is 1.27. The van der Waals surface area contributed by atoms with Gasteiger partial charge in [-0.3, -0.25) is 4.90 Å². The Kier molecular flexibility index (Phi) is 5.03. The zero-order chi connectivity index (χ0) is 18.9. The number of aromatic nitrogens is 2. The second-order valence-electron chi connectivity index (χ2n) is 8.90. The highest BCUT2D eigenvalue weighted by molar-refractivity contribution is 5.40. The lowest BCUT2D eigenvalue weighted by Crippen LogP contribution is -2.35. The Morgan fingerprint density at radius 2 is 1.79 bits per heavy atom. The molecule has 3 N–H and O–H groups in total. The van der Waals surface area contributed by atoms with Crippen molar-refractivity contribution in [3.05, 3.63) is 53.0 Å². The molecule has 2 aromatic rings. The van der Waals surface area contributed by atoms with Crippen LogP contribution in [0.3, 0.4) is 0 Å². The number of nitrogens with two attached hydrogens (primary N) is 1. The molecule has 148 valence electrons. The van der Waals surface area contributed by atoms with Crippen molar-refractivity contribution in [1.29, 1.82) is 0 Å². The van der Waals surface area contributed by atoms with Gasteiger partial charge in [-0.25, -0.2) is 9.97 Å². The van der Waals surface area contributed by atoms with E-state index in [1.165, 1.54) is 55.6 Å². The van der Waals surface area contributed by atoms with E-state index in [-0.39, 0.29) is 0 Å². The summed E-state index contributed by atoms with van der Waals surface area (Å²) >= 11 is 0. The molecule has 3 aliphatic rings. The van der Waals surface area contributed by atoms with Crippen LogP contribution in [0, 0.1) is 0 Å². The van der Waals surface area contributed by atoms with Crippen molar-refractivity contribution in [2.75, 3.05) is 18.4 Å². The maximum atomic E-state index is 6.00. The minimum absolute atomic E-state index is 0.346. The van der Waals surface area contributed by atoms with Gasteiger partial charge in [-0.1, -0.05) is 24.3 Å². The molecule has 0 amide bonds. The van der Waals surface area contributed by atoms with Crippen molar-refractivity contribution >= 4 is 5.82 Å². The average molecular weight is 378 g/mol. The molecule has 2 heterocycles. The number of benzene rings is 1. The highest BCUT2D eigenvalue weighted by atomic mass is 15.1. The zero-order valence-electron chi connectivity index (χ0n) is 16.6. The lowest BCUT2D eigenvalue weighted by Gasteiger charge is -2.32. The van der Waals surface area contributed by atoms with E-state index in [0.29, 0.717) is 17.9 Å². The molecule has 0 bridgehead atoms. The molecule has 5 heteroatoms. The summed E-state index contributed by atoms with van der Waals surface area (Å²) < 4.78 is 0. The Labute approximate surface area is 167 Å². The van der Waals surface area contributed by atoms with Crippen LogP contribution >= 0.6 is 0 Å². The molecule has 5 rings (SSSR count). The molecule has 1 saturated heterocycles. The van der Waals surface area contributed by atoms with E-state index >= 15 is 0 Å². The van der Waals surface area contributed by atoms with Crippen molar-refractivity contribution < 1.29 is 0 Å². The maximum Gasteiger partial charge on any atom is 0.134 e. The summed E-state index contributed by atoms with van der Waals surface area (Å²) in [6.45, 7) is 4.35. The molecule has 2 aliphatic carbocycles. The molecule has 28 heavy (non-hydrogen) atoms. The first kappa shape index (κ1) is 18.1. The summed E-state index contributed by atoms with van der Waals surface area (Å²) in [5, 5.41) is 3.56. The number of anilines is 1. The van der Waals surface area contributed by atoms with Crippen LogP contribution in [0.2, 0.25) is 0 Å². The summed E-state index contributed by atoms with van der Waals surface area (Å²) in [6, 6.07) is 11.5. The molecular formula is C23H31N5. The van der Waals surface area contributed by atoms with Gasteiger partial charge < -0.3 is 11.1 Å². The Hall–Kier alpha value is -1.98. The lowest BCUT2D eigenvalue weighted by atomic mass is 9.78. The summed E-state index contributed by atoms with van der Waals surface area (Å²) in [5.74, 6) is 3.08. The van der Waals surface area contributed by atoms with E-state index in [1.54, 1.807) is 0 Å². The van der Waals surface area contributed by atoms with Crippen LogP contribution in [0.1, 0.15) is 73.0 Å². The Morgan fingerprint density at radius 3 is 2.54 bits per heavy atom. The highest BCUT2D eigenvalue weighted by Crippen LogP contribution is 2.41. The second kappa shape index (κ2) is 7.80. The predicted octanol–water partition coefficient (Wildman–Crippen LogP) is 3.77. The average Bonchev–Trinajstić information content (AvgIpc) is 3.42. The van der Waals surface area contributed by atoms with E-state index in [1.807, 2.05) is 0 Å². The van der Waals surface area contributed by atoms with Crippen LogP contribution in [-0.4, -0.2) is 34.0 Å². The topological polar surface area (TPSA) is 67.1 Å². The summed E-state index contributed by atoms with van der Waals surface area (Å²) in [5.41, 5.74) is 9.91. The second-order valence-corrected chi connectivity index (χ2v) is 8.90. The van der Waals surface area contributed by atoms with E-state index in [9.17, 15) is 0 Å². The molecule has 1 aromatic carbocycles. The SMILES string of the molecule is NC1CC(c2cc(NCc3cccc(CN4CCCC4)c3)nc(C3CC3)n2)C1. The Morgan fingerprint density at radius 1 is 1.00 bits per heavy atom. The lowest BCUT2D eigenvalue weighted by molar-refractivity contribution is 0.331. The van der Waals surface area contributed by atoms with Crippen molar-refractivity contribution in [1.82, 2.24) is 14.9 Å². The van der Waals surface area contributed by atoms with Crippen LogP contribution in [0.5, 0.6) is 0 Å². The van der Waals surface area contributed by atoms with Crippen molar-refractivity contribution in [2.24, 2.45) is 5.73 Å². The monoisotopic (exact) mass is 377 g/mol.